The summed E-state index contributed by atoms with van der Waals surface area (Å²) in [6.07, 6.45) is -0.0757. The zero-order valence-electron chi connectivity index (χ0n) is 13.2. The fourth-order valence-corrected chi connectivity index (χ4v) is 3.36. The summed E-state index contributed by atoms with van der Waals surface area (Å²) < 4.78 is 0. The van der Waals surface area contributed by atoms with Gasteiger partial charge < -0.3 is 10.4 Å². The van der Waals surface area contributed by atoms with E-state index in [-0.39, 0.29) is 11.5 Å². The summed E-state index contributed by atoms with van der Waals surface area (Å²) in [5.41, 5.74) is 5.76. The Morgan fingerprint density at radius 1 is 1.14 bits per heavy atom. The summed E-state index contributed by atoms with van der Waals surface area (Å²) in [7, 11) is 0. The van der Waals surface area contributed by atoms with E-state index in [4.69, 9.17) is 5.11 Å². The molecule has 1 unspecified atom stereocenters. The van der Waals surface area contributed by atoms with Crippen LogP contribution >= 0.6 is 0 Å². The fraction of sp³-hybridized carbons (Fsp3) is 0.316. The Morgan fingerprint density at radius 2 is 1.77 bits per heavy atom. The molecule has 2 aromatic carbocycles. The van der Waals surface area contributed by atoms with Crippen LogP contribution in [-0.2, 0) is 6.42 Å². The van der Waals surface area contributed by atoms with E-state index in [9.17, 15) is 4.79 Å². The lowest BCUT2D eigenvalue weighted by Crippen LogP contribution is -2.34. The minimum atomic E-state index is -0.966. The molecule has 3 heteroatoms. The fourth-order valence-electron chi connectivity index (χ4n) is 3.36. The lowest BCUT2D eigenvalue weighted by atomic mass is 9.85. The predicted octanol–water partition coefficient (Wildman–Crippen LogP) is 4.55. The van der Waals surface area contributed by atoms with Gasteiger partial charge in [-0.15, -0.1) is 0 Å². The van der Waals surface area contributed by atoms with Crippen LogP contribution in [0.4, 0.5) is 4.79 Å². The maximum atomic E-state index is 11.1. The first-order chi connectivity index (χ1) is 10.4. The number of aryl methyl sites for hydroxylation is 1. The van der Waals surface area contributed by atoms with Gasteiger partial charge in [0.05, 0.1) is 6.04 Å². The SMILES string of the molecule is Cc1ccc(-c2ccc3c(c2)C(NC(=O)O)C(C)(C)C3)cc1. The molecule has 3 nitrogen and oxygen atoms in total. The molecule has 0 aliphatic heterocycles. The molecule has 1 atom stereocenters. The van der Waals surface area contributed by atoms with Gasteiger partial charge in [-0.25, -0.2) is 4.79 Å². The number of fused-ring (bicyclic) bond motifs is 1. The second-order valence-electron chi connectivity index (χ2n) is 6.83. The zero-order valence-corrected chi connectivity index (χ0v) is 13.2. The van der Waals surface area contributed by atoms with E-state index in [0.29, 0.717) is 0 Å². The molecule has 3 rings (SSSR count). The standard InChI is InChI=1S/C19H21NO2/c1-12-4-6-13(7-5-12)14-8-9-15-11-19(2,3)17(16(15)10-14)20-18(21)22/h4-10,17,20H,11H2,1-3H3,(H,21,22). The number of hydrogen-bond acceptors (Lipinski definition) is 1. The van der Waals surface area contributed by atoms with Gasteiger partial charge in [0.1, 0.15) is 0 Å². The van der Waals surface area contributed by atoms with Crippen molar-refractivity contribution < 1.29 is 9.90 Å². The zero-order chi connectivity index (χ0) is 15.9. The molecule has 0 radical (unpaired) electrons. The van der Waals surface area contributed by atoms with Crippen LogP contribution in [0.5, 0.6) is 0 Å². The van der Waals surface area contributed by atoms with Gasteiger partial charge >= 0.3 is 6.09 Å². The number of nitrogens with one attached hydrogen (secondary N) is 1. The molecule has 22 heavy (non-hydrogen) atoms. The minimum Gasteiger partial charge on any atom is -0.465 e. The Labute approximate surface area is 131 Å². The summed E-state index contributed by atoms with van der Waals surface area (Å²) >= 11 is 0. The van der Waals surface area contributed by atoms with Gasteiger partial charge in [-0.2, -0.15) is 0 Å². The van der Waals surface area contributed by atoms with E-state index in [0.717, 1.165) is 23.1 Å². The van der Waals surface area contributed by atoms with Crippen molar-refractivity contribution in [1.82, 2.24) is 5.32 Å². The van der Waals surface area contributed by atoms with E-state index in [1.807, 2.05) is 0 Å². The van der Waals surface area contributed by atoms with Crippen molar-refractivity contribution in [2.24, 2.45) is 5.41 Å². The Bertz CT molecular complexity index is 717. The highest BCUT2D eigenvalue weighted by atomic mass is 16.4. The molecule has 2 aromatic rings. The summed E-state index contributed by atoms with van der Waals surface area (Å²) in [6.45, 7) is 6.29. The molecule has 1 aliphatic rings. The van der Waals surface area contributed by atoms with Gasteiger partial charge in [0.2, 0.25) is 0 Å². The van der Waals surface area contributed by atoms with Gasteiger partial charge in [0.15, 0.2) is 0 Å². The number of carboxylic acid groups (broad SMARTS) is 1. The molecule has 1 aliphatic carbocycles. The lowest BCUT2D eigenvalue weighted by molar-refractivity contribution is 0.175. The smallest absolute Gasteiger partial charge is 0.405 e. The van der Waals surface area contributed by atoms with E-state index in [1.165, 1.54) is 11.1 Å². The number of hydrogen-bond donors (Lipinski definition) is 2. The molecule has 1 amide bonds. The van der Waals surface area contributed by atoms with Crippen LogP contribution in [0, 0.1) is 12.3 Å². The Hall–Kier alpha value is -2.29. The highest BCUT2D eigenvalue weighted by Crippen LogP contribution is 2.46. The number of carbonyl (C=O) groups is 1. The minimum absolute atomic E-state index is 0.105. The average Bonchev–Trinajstić information content (AvgIpc) is 2.69. The number of amides is 1. The van der Waals surface area contributed by atoms with Crippen LogP contribution in [0.15, 0.2) is 42.5 Å². The molecule has 0 spiro atoms. The molecular weight excluding hydrogens is 274 g/mol. The van der Waals surface area contributed by atoms with E-state index < -0.39 is 6.09 Å². The highest BCUT2D eigenvalue weighted by Gasteiger charge is 2.39. The third kappa shape index (κ3) is 2.59. The molecule has 0 heterocycles. The lowest BCUT2D eigenvalue weighted by Gasteiger charge is -2.27. The van der Waals surface area contributed by atoms with Gasteiger partial charge in [0, 0.05) is 0 Å². The van der Waals surface area contributed by atoms with E-state index >= 15 is 0 Å². The molecule has 0 saturated carbocycles. The van der Waals surface area contributed by atoms with Gasteiger partial charge in [-0.3, -0.25) is 0 Å². The van der Waals surface area contributed by atoms with Crippen molar-refractivity contribution in [3.05, 3.63) is 59.2 Å². The molecular formula is C19H21NO2. The van der Waals surface area contributed by atoms with Crippen LogP contribution in [0.3, 0.4) is 0 Å². The number of rotatable bonds is 2. The van der Waals surface area contributed by atoms with Crippen molar-refractivity contribution in [3.63, 3.8) is 0 Å². The van der Waals surface area contributed by atoms with Crippen LogP contribution < -0.4 is 5.32 Å². The quantitative estimate of drug-likeness (QED) is 0.853. The molecule has 114 valence electrons. The van der Waals surface area contributed by atoms with Crippen molar-refractivity contribution in [2.45, 2.75) is 33.2 Å². The molecule has 2 N–H and O–H groups in total. The van der Waals surface area contributed by atoms with Crippen LogP contribution in [0.2, 0.25) is 0 Å². The van der Waals surface area contributed by atoms with Crippen molar-refractivity contribution in [3.8, 4) is 11.1 Å². The monoisotopic (exact) mass is 295 g/mol. The molecule has 0 saturated heterocycles. The summed E-state index contributed by atoms with van der Waals surface area (Å²) in [5, 5.41) is 11.8. The first-order valence-electron chi connectivity index (χ1n) is 7.56. The van der Waals surface area contributed by atoms with E-state index in [2.05, 4.69) is 68.6 Å². The van der Waals surface area contributed by atoms with E-state index in [1.54, 1.807) is 0 Å². The van der Waals surface area contributed by atoms with Crippen LogP contribution in [-0.4, -0.2) is 11.2 Å². The maximum Gasteiger partial charge on any atom is 0.405 e. The average molecular weight is 295 g/mol. The molecule has 0 aromatic heterocycles. The van der Waals surface area contributed by atoms with Crippen molar-refractivity contribution in [1.29, 1.82) is 0 Å². The Morgan fingerprint density at radius 3 is 2.41 bits per heavy atom. The predicted molar refractivity (Wildman–Crippen MR) is 88.0 cm³/mol. The van der Waals surface area contributed by atoms with Gasteiger partial charge in [0.25, 0.3) is 0 Å². The van der Waals surface area contributed by atoms with Gasteiger partial charge in [-0.1, -0.05) is 55.8 Å². The van der Waals surface area contributed by atoms with Crippen molar-refractivity contribution in [2.75, 3.05) is 0 Å². The maximum absolute atomic E-state index is 11.1. The topological polar surface area (TPSA) is 49.3 Å². The van der Waals surface area contributed by atoms with Crippen LogP contribution in [0.25, 0.3) is 11.1 Å². The highest BCUT2D eigenvalue weighted by molar-refractivity contribution is 5.69. The van der Waals surface area contributed by atoms with Gasteiger partial charge in [-0.05, 0) is 47.1 Å². The second kappa shape index (κ2) is 5.16. The first-order valence-corrected chi connectivity index (χ1v) is 7.56. The van der Waals surface area contributed by atoms with Crippen LogP contribution in [0.1, 0.15) is 36.6 Å². The van der Waals surface area contributed by atoms with Crippen molar-refractivity contribution >= 4 is 6.09 Å². The third-order valence-corrected chi connectivity index (χ3v) is 4.54. The first kappa shape index (κ1) is 14.6. The normalized spacial score (nSPS) is 18.8. The number of benzene rings is 2. The summed E-state index contributed by atoms with van der Waals surface area (Å²) in [4.78, 5) is 11.1. The largest absolute Gasteiger partial charge is 0.465 e. The second-order valence-corrected chi connectivity index (χ2v) is 6.83. The Balaban J connectivity index is 2.03. The summed E-state index contributed by atoms with van der Waals surface area (Å²) in [6, 6.07) is 14.6. The summed E-state index contributed by atoms with van der Waals surface area (Å²) in [5.74, 6) is 0. The Kier molecular flexibility index (Phi) is 3.44. The molecule has 0 bridgehead atoms. The third-order valence-electron chi connectivity index (χ3n) is 4.54. The molecule has 0 fully saturated rings.